The highest BCUT2D eigenvalue weighted by atomic mass is 16.2. The number of carbonyl (C=O) groups excluding carboxylic acids is 2. The van der Waals surface area contributed by atoms with Gasteiger partial charge in [-0.1, -0.05) is 13.3 Å². The summed E-state index contributed by atoms with van der Waals surface area (Å²) in [6, 6.07) is -0.290. The third-order valence-electron chi connectivity index (χ3n) is 3.32. The number of hydrogen-bond donors (Lipinski definition) is 2. The fourth-order valence-electron chi connectivity index (χ4n) is 1.78. The molecule has 0 aromatic carbocycles. The summed E-state index contributed by atoms with van der Waals surface area (Å²) in [4.78, 5) is 25.4. The van der Waals surface area contributed by atoms with Gasteiger partial charge in [0.1, 0.15) is 6.04 Å². The zero-order chi connectivity index (χ0) is 15.0. The van der Waals surface area contributed by atoms with E-state index in [9.17, 15) is 9.59 Å². The Bertz CT molecular complexity index is 292. The van der Waals surface area contributed by atoms with Crippen molar-refractivity contribution in [1.29, 1.82) is 0 Å². The number of nitrogens with zero attached hydrogens (tertiary/aromatic N) is 1. The predicted molar refractivity (Wildman–Crippen MR) is 77.6 cm³/mol. The Morgan fingerprint density at radius 2 is 1.79 bits per heavy atom. The van der Waals surface area contributed by atoms with Gasteiger partial charge in [0.15, 0.2) is 0 Å². The van der Waals surface area contributed by atoms with Crippen molar-refractivity contribution in [3.8, 4) is 0 Å². The van der Waals surface area contributed by atoms with Crippen molar-refractivity contribution in [2.45, 2.75) is 59.0 Å². The second-order valence-corrected chi connectivity index (χ2v) is 5.39. The van der Waals surface area contributed by atoms with Crippen LogP contribution in [0.4, 0.5) is 0 Å². The van der Waals surface area contributed by atoms with Crippen LogP contribution in [0.25, 0.3) is 0 Å². The molecule has 112 valence electrons. The van der Waals surface area contributed by atoms with E-state index in [4.69, 9.17) is 5.73 Å². The Morgan fingerprint density at radius 1 is 1.21 bits per heavy atom. The molecule has 0 aliphatic rings. The molecule has 0 saturated carbocycles. The Morgan fingerprint density at radius 3 is 2.26 bits per heavy atom. The van der Waals surface area contributed by atoms with Crippen LogP contribution >= 0.6 is 0 Å². The minimum Gasteiger partial charge on any atom is -0.344 e. The molecule has 0 heterocycles. The highest BCUT2D eigenvalue weighted by molar-refractivity contribution is 5.87. The van der Waals surface area contributed by atoms with Crippen LogP contribution in [0.1, 0.15) is 47.0 Å². The Balaban J connectivity index is 4.10. The Kier molecular flexibility index (Phi) is 8.39. The minimum absolute atomic E-state index is 0.0568. The van der Waals surface area contributed by atoms with Crippen LogP contribution in [0, 0.1) is 5.92 Å². The SMILES string of the molecule is CCN(C)C(=O)C(C)NC(=O)C(C)CCCC(C)N. The molecule has 2 amide bonds. The van der Waals surface area contributed by atoms with Crippen LogP contribution in [0.15, 0.2) is 0 Å². The zero-order valence-electron chi connectivity index (χ0n) is 12.9. The van der Waals surface area contributed by atoms with Gasteiger partial charge in [0.05, 0.1) is 0 Å². The standard InChI is InChI=1S/C14H29N3O2/c1-6-17(5)14(19)12(4)16-13(18)10(2)8-7-9-11(3)15/h10-12H,6-9,15H2,1-5H3,(H,16,18). The van der Waals surface area contributed by atoms with Crippen molar-refractivity contribution in [3.63, 3.8) is 0 Å². The number of rotatable bonds is 8. The molecule has 0 aliphatic carbocycles. The molecular formula is C14H29N3O2. The van der Waals surface area contributed by atoms with Crippen molar-refractivity contribution < 1.29 is 9.59 Å². The lowest BCUT2D eigenvalue weighted by Crippen LogP contribution is -2.46. The molecule has 5 nitrogen and oxygen atoms in total. The van der Waals surface area contributed by atoms with Crippen LogP contribution in [0.2, 0.25) is 0 Å². The van der Waals surface area contributed by atoms with Crippen molar-refractivity contribution in [1.82, 2.24) is 10.2 Å². The topological polar surface area (TPSA) is 75.4 Å². The number of nitrogens with one attached hydrogen (secondary N) is 1. The van der Waals surface area contributed by atoms with Gasteiger partial charge in [-0.15, -0.1) is 0 Å². The molecule has 3 N–H and O–H groups in total. The Labute approximate surface area is 116 Å². The quantitative estimate of drug-likeness (QED) is 0.694. The van der Waals surface area contributed by atoms with Gasteiger partial charge in [0, 0.05) is 25.6 Å². The van der Waals surface area contributed by atoms with Crippen molar-refractivity contribution in [3.05, 3.63) is 0 Å². The summed E-state index contributed by atoms with van der Waals surface area (Å²) >= 11 is 0. The molecule has 0 aromatic rings. The second kappa shape index (κ2) is 8.91. The lowest BCUT2D eigenvalue weighted by atomic mass is 10.0. The van der Waals surface area contributed by atoms with Crippen molar-refractivity contribution in [2.24, 2.45) is 11.7 Å². The smallest absolute Gasteiger partial charge is 0.244 e. The summed E-state index contributed by atoms with van der Waals surface area (Å²) in [5.74, 6) is -0.199. The molecule has 0 bridgehead atoms. The van der Waals surface area contributed by atoms with E-state index in [0.29, 0.717) is 6.54 Å². The van der Waals surface area contributed by atoms with Crippen LogP contribution in [0.3, 0.4) is 0 Å². The van der Waals surface area contributed by atoms with Gasteiger partial charge in [-0.3, -0.25) is 9.59 Å². The summed E-state index contributed by atoms with van der Waals surface area (Å²) in [6.45, 7) is 8.12. The number of nitrogens with two attached hydrogens (primary N) is 1. The van der Waals surface area contributed by atoms with E-state index in [0.717, 1.165) is 19.3 Å². The Hall–Kier alpha value is -1.10. The lowest BCUT2D eigenvalue weighted by Gasteiger charge is -2.22. The van der Waals surface area contributed by atoms with Gasteiger partial charge >= 0.3 is 0 Å². The molecule has 0 rings (SSSR count). The summed E-state index contributed by atoms with van der Waals surface area (Å²) < 4.78 is 0. The lowest BCUT2D eigenvalue weighted by molar-refractivity contribution is -0.135. The first-order chi connectivity index (χ1) is 8.79. The summed E-state index contributed by atoms with van der Waals surface area (Å²) in [7, 11) is 1.73. The zero-order valence-corrected chi connectivity index (χ0v) is 12.9. The number of amides is 2. The summed E-state index contributed by atoms with van der Waals surface area (Å²) in [6.07, 6.45) is 2.66. The van der Waals surface area contributed by atoms with E-state index in [1.54, 1.807) is 18.9 Å². The van der Waals surface area contributed by atoms with Gasteiger partial charge < -0.3 is 16.0 Å². The molecule has 5 heteroatoms. The third-order valence-corrected chi connectivity index (χ3v) is 3.32. The van der Waals surface area contributed by atoms with E-state index in [2.05, 4.69) is 5.32 Å². The van der Waals surface area contributed by atoms with E-state index in [1.807, 2.05) is 20.8 Å². The monoisotopic (exact) mass is 271 g/mol. The number of likely N-dealkylation sites (N-methyl/N-ethyl adjacent to an activating group) is 1. The normalized spacial score (nSPS) is 15.5. The van der Waals surface area contributed by atoms with E-state index >= 15 is 0 Å². The molecule has 3 atom stereocenters. The average molecular weight is 271 g/mol. The fourth-order valence-corrected chi connectivity index (χ4v) is 1.78. The molecule has 3 unspecified atom stereocenters. The predicted octanol–water partition coefficient (Wildman–Crippen LogP) is 1.12. The maximum atomic E-state index is 11.9. The number of carbonyl (C=O) groups is 2. The van der Waals surface area contributed by atoms with Crippen LogP contribution in [-0.4, -0.2) is 42.4 Å². The highest BCUT2D eigenvalue weighted by Gasteiger charge is 2.21. The van der Waals surface area contributed by atoms with Gasteiger partial charge in [-0.2, -0.15) is 0 Å². The van der Waals surface area contributed by atoms with Gasteiger partial charge in [-0.25, -0.2) is 0 Å². The minimum atomic E-state index is -0.465. The van der Waals surface area contributed by atoms with Crippen molar-refractivity contribution in [2.75, 3.05) is 13.6 Å². The van der Waals surface area contributed by atoms with Crippen LogP contribution in [0.5, 0.6) is 0 Å². The summed E-state index contributed by atoms with van der Waals surface area (Å²) in [5, 5.41) is 2.77. The summed E-state index contributed by atoms with van der Waals surface area (Å²) in [5.41, 5.74) is 5.67. The molecule has 0 aliphatic heterocycles. The molecule has 0 saturated heterocycles. The molecule has 19 heavy (non-hydrogen) atoms. The second-order valence-electron chi connectivity index (χ2n) is 5.39. The molecule has 0 radical (unpaired) electrons. The fraction of sp³-hybridized carbons (Fsp3) is 0.857. The van der Waals surface area contributed by atoms with Gasteiger partial charge in [0.2, 0.25) is 11.8 Å². The first-order valence-corrected chi connectivity index (χ1v) is 7.10. The van der Waals surface area contributed by atoms with Gasteiger partial charge in [0.25, 0.3) is 0 Å². The van der Waals surface area contributed by atoms with Crippen LogP contribution < -0.4 is 11.1 Å². The van der Waals surface area contributed by atoms with E-state index < -0.39 is 6.04 Å². The molecular weight excluding hydrogens is 242 g/mol. The van der Waals surface area contributed by atoms with E-state index in [1.165, 1.54) is 0 Å². The largest absolute Gasteiger partial charge is 0.344 e. The van der Waals surface area contributed by atoms with Crippen molar-refractivity contribution >= 4 is 11.8 Å². The molecule has 0 spiro atoms. The maximum absolute atomic E-state index is 11.9. The first-order valence-electron chi connectivity index (χ1n) is 7.10. The average Bonchev–Trinajstić information content (AvgIpc) is 2.35. The van der Waals surface area contributed by atoms with E-state index in [-0.39, 0.29) is 23.8 Å². The van der Waals surface area contributed by atoms with Crippen LogP contribution in [-0.2, 0) is 9.59 Å². The number of hydrogen-bond acceptors (Lipinski definition) is 3. The van der Waals surface area contributed by atoms with Gasteiger partial charge in [-0.05, 0) is 33.6 Å². The highest BCUT2D eigenvalue weighted by Crippen LogP contribution is 2.09. The maximum Gasteiger partial charge on any atom is 0.244 e. The third kappa shape index (κ3) is 7.15. The molecule has 0 fully saturated rings. The molecule has 0 aromatic heterocycles. The first kappa shape index (κ1) is 17.9.